The number of anilines is 1. The molecule has 1 unspecified atom stereocenters. The number of thiazole rings is 1. The van der Waals surface area contributed by atoms with Crippen LogP contribution in [0.2, 0.25) is 0 Å². The molecule has 1 aromatic heterocycles. The average Bonchev–Trinajstić information content (AvgIpc) is 3.27. The number of thioether (sulfide) groups is 1. The smallest absolute Gasteiger partial charge is 0.352 e. The standard InChI is InChI=1S/C19H19N5O8S2/c1-3-9-6-33-17-13(16(28)24(17)14(9)18(29)30)22-15(27)12(23-32-5-11(26)31-4-2)10-7-34-19(21-10)20-8-25/h3,7-8,13,17H,1,4-6H2,2H3,(H,22,27)(H,29,30)(H,20,21,25)/b23-12+/t13?,17-/m1/s1. The van der Waals surface area contributed by atoms with Gasteiger partial charge in [-0.15, -0.1) is 23.1 Å². The summed E-state index contributed by atoms with van der Waals surface area (Å²) in [4.78, 5) is 69.6. The van der Waals surface area contributed by atoms with Crippen LogP contribution in [-0.4, -0.2) is 81.2 Å². The molecular formula is C19H19N5O8S2. The molecule has 3 amide bonds. The Kier molecular flexibility index (Phi) is 8.01. The second kappa shape index (κ2) is 10.9. The number of β-lactam (4-membered cyclic amide) rings is 1. The lowest BCUT2D eigenvalue weighted by Crippen LogP contribution is -2.71. The monoisotopic (exact) mass is 509 g/mol. The summed E-state index contributed by atoms with van der Waals surface area (Å²) in [5.74, 6) is -3.15. The van der Waals surface area contributed by atoms with Gasteiger partial charge in [0.05, 0.1) is 6.61 Å². The van der Waals surface area contributed by atoms with Crippen molar-refractivity contribution >= 4 is 64.1 Å². The summed E-state index contributed by atoms with van der Waals surface area (Å²) >= 11 is 2.28. The molecule has 2 atom stereocenters. The molecule has 34 heavy (non-hydrogen) atoms. The zero-order valence-electron chi connectivity index (χ0n) is 17.7. The SMILES string of the molecule is C=CC1=C(C(=O)O)N2C(=O)C(NC(=O)/C(=N/OCC(=O)OCC)c3csc(NC=O)n3)[C@H]2SC1. The Balaban J connectivity index is 1.79. The van der Waals surface area contributed by atoms with E-state index in [0.717, 1.165) is 16.2 Å². The van der Waals surface area contributed by atoms with Crippen LogP contribution < -0.4 is 10.6 Å². The highest BCUT2D eigenvalue weighted by atomic mass is 32.2. The minimum absolute atomic E-state index is 0.0238. The molecule has 13 nitrogen and oxygen atoms in total. The van der Waals surface area contributed by atoms with Crippen molar-refractivity contribution in [1.82, 2.24) is 15.2 Å². The summed E-state index contributed by atoms with van der Waals surface area (Å²) in [6.07, 6.45) is 1.79. The van der Waals surface area contributed by atoms with Crippen LogP contribution in [-0.2, 0) is 33.5 Å². The number of amides is 3. The fourth-order valence-electron chi connectivity index (χ4n) is 3.07. The van der Waals surface area contributed by atoms with Gasteiger partial charge in [-0.05, 0) is 12.5 Å². The number of carboxylic acid groups (broad SMARTS) is 1. The number of allylic oxidation sites excluding steroid dienone is 1. The lowest BCUT2D eigenvalue weighted by molar-refractivity contribution is -0.150. The topological polar surface area (TPSA) is 177 Å². The average molecular weight is 510 g/mol. The predicted molar refractivity (Wildman–Crippen MR) is 121 cm³/mol. The second-order valence-electron chi connectivity index (χ2n) is 6.56. The summed E-state index contributed by atoms with van der Waals surface area (Å²) in [6.45, 7) is 4.75. The molecule has 0 saturated carbocycles. The van der Waals surface area contributed by atoms with Crippen molar-refractivity contribution in [3.05, 3.63) is 35.0 Å². The molecule has 0 spiro atoms. The van der Waals surface area contributed by atoms with Crippen LogP contribution in [0.5, 0.6) is 0 Å². The number of nitrogens with one attached hydrogen (secondary N) is 2. The number of esters is 1. The molecule has 2 aliphatic rings. The number of aliphatic carboxylic acids is 1. The van der Waals surface area contributed by atoms with Gasteiger partial charge in [0.2, 0.25) is 13.0 Å². The molecule has 15 heteroatoms. The Morgan fingerprint density at radius 2 is 2.21 bits per heavy atom. The minimum atomic E-state index is -1.27. The van der Waals surface area contributed by atoms with E-state index in [-0.39, 0.29) is 28.8 Å². The third-order valence-corrected chi connectivity index (χ3v) is 6.60. The van der Waals surface area contributed by atoms with Gasteiger partial charge in [-0.1, -0.05) is 17.8 Å². The van der Waals surface area contributed by atoms with E-state index < -0.39 is 41.8 Å². The molecule has 0 bridgehead atoms. The molecule has 3 heterocycles. The molecule has 180 valence electrons. The van der Waals surface area contributed by atoms with Crippen molar-refractivity contribution in [2.24, 2.45) is 5.16 Å². The zero-order valence-corrected chi connectivity index (χ0v) is 19.3. The van der Waals surface area contributed by atoms with Gasteiger partial charge in [0, 0.05) is 11.1 Å². The molecule has 0 radical (unpaired) electrons. The van der Waals surface area contributed by atoms with Crippen molar-refractivity contribution in [2.45, 2.75) is 18.3 Å². The number of ether oxygens (including phenoxy) is 1. The predicted octanol–water partition coefficient (Wildman–Crippen LogP) is -0.0802. The van der Waals surface area contributed by atoms with E-state index in [1.807, 2.05) is 0 Å². The number of oxime groups is 1. The molecule has 1 aromatic rings. The first-order chi connectivity index (χ1) is 16.3. The van der Waals surface area contributed by atoms with E-state index in [1.54, 1.807) is 6.92 Å². The Morgan fingerprint density at radius 1 is 1.44 bits per heavy atom. The van der Waals surface area contributed by atoms with Crippen LogP contribution in [0.1, 0.15) is 12.6 Å². The maximum Gasteiger partial charge on any atom is 0.352 e. The number of fused-ring (bicyclic) bond motifs is 1. The minimum Gasteiger partial charge on any atom is -0.477 e. The normalized spacial score (nSPS) is 19.5. The number of aromatic nitrogens is 1. The molecule has 0 aliphatic carbocycles. The van der Waals surface area contributed by atoms with Gasteiger partial charge in [-0.25, -0.2) is 14.6 Å². The zero-order chi connectivity index (χ0) is 24.8. The number of nitrogens with zero attached hydrogens (tertiary/aromatic N) is 3. The largest absolute Gasteiger partial charge is 0.477 e. The summed E-state index contributed by atoms with van der Waals surface area (Å²) in [5.41, 5.74) is -0.104. The van der Waals surface area contributed by atoms with E-state index in [2.05, 4.69) is 27.4 Å². The van der Waals surface area contributed by atoms with Crippen LogP contribution in [0.4, 0.5) is 5.13 Å². The molecule has 1 saturated heterocycles. The van der Waals surface area contributed by atoms with Gasteiger partial charge in [0.25, 0.3) is 11.8 Å². The van der Waals surface area contributed by atoms with Crippen LogP contribution in [0.25, 0.3) is 0 Å². The molecule has 2 aliphatic heterocycles. The van der Waals surface area contributed by atoms with Gasteiger partial charge >= 0.3 is 11.9 Å². The quantitative estimate of drug-likeness (QED) is 0.120. The highest BCUT2D eigenvalue weighted by molar-refractivity contribution is 8.00. The van der Waals surface area contributed by atoms with Gasteiger partial charge in [0.1, 0.15) is 22.8 Å². The fraction of sp³-hybridized carbons (Fsp3) is 0.316. The number of hydrogen-bond donors (Lipinski definition) is 3. The van der Waals surface area contributed by atoms with Crippen molar-refractivity contribution < 1.29 is 38.7 Å². The lowest BCUT2D eigenvalue weighted by atomic mass is 10.0. The van der Waals surface area contributed by atoms with Crippen molar-refractivity contribution in [1.29, 1.82) is 0 Å². The number of hydrogen-bond acceptors (Lipinski definition) is 11. The molecule has 3 N–H and O–H groups in total. The molecule has 0 aromatic carbocycles. The first-order valence-corrected chi connectivity index (χ1v) is 11.6. The van der Waals surface area contributed by atoms with Crippen molar-refractivity contribution in [3.63, 3.8) is 0 Å². The first kappa shape index (κ1) is 24.9. The Morgan fingerprint density at radius 3 is 2.85 bits per heavy atom. The van der Waals surface area contributed by atoms with Crippen molar-refractivity contribution in [2.75, 3.05) is 24.3 Å². The van der Waals surface area contributed by atoms with E-state index in [0.29, 0.717) is 17.7 Å². The van der Waals surface area contributed by atoms with E-state index in [1.165, 1.54) is 23.2 Å². The van der Waals surface area contributed by atoms with Crippen molar-refractivity contribution in [3.8, 4) is 0 Å². The Bertz CT molecular complexity index is 1100. The second-order valence-corrected chi connectivity index (χ2v) is 8.53. The van der Waals surface area contributed by atoms with Gasteiger partial charge in [0.15, 0.2) is 10.8 Å². The molecule has 1 fully saturated rings. The Hall–Kier alpha value is -3.72. The summed E-state index contributed by atoms with van der Waals surface area (Å²) in [7, 11) is 0. The fourth-order valence-corrected chi connectivity index (χ4v) is 5.06. The number of carboxylic acids is 1. The summed E-state index contributed by atoms with van der Waals surface area (Å²) < 4.78 is 4.73. The molecular weight excluding hydrogens is 490 g/mol. The van der Waals surface area contributed by atoms with E-state index in [9.17, 15) is 29.1 Å². The molecule has 3 rings (SSSR count). The number of rotatable bonds is 11. The maximum absolute atomic E-state index is 13.0. The third-order valence-electron chi connectivity index (χ3n) is 4.52. The first-order valence-electron chi connectivity index (χ1n) is 9.68. The maximum atomic E-state index is 13.0. The van der Waals surface area contributed by atoms with Crippen LogP contribution in [0.15, 0.2) is 34.5 Å². The number of carbonyl (C=O) groups excluding carboxylic acids is 4. The highest BCUT2D eigenvalue weighted by Gasteiger charge is 2.54. The van der Waals surface area contributed by atoms with Gasteiger partial charge in [-0.2, -0.15) is 0 Å². The lowest BCUT2D eigenvalue weighted by Gasteiger charge is -2.49. The van der Waals surface area contributed by atoms with E-state index >= 15 is 0 Å². The van der Waals surface area contributed by atoms with Crippen LogP contribution >= 0.6 is 23.1 Å². The van der Waals surface area contributed by atoms with Crippen LogP contribution in [0, 0.1) is 0 Å². The van der Waals surface area contributed by atoms with Gasteiger partial charge in [-0.3, -0.25) is 19.3 Å². The number of carbonyl (C=O) groups is 5. The van der Waals surface area contributed by atoms with Gasteiger partial charge < -0.3 is 25.3 Å². The third kappa shape index (κ3) is 5.09. The summed E-state index contributed by atoms with van der Waals surface area (Å²) in [6, 6.07) is -1.03. The highest BCUT2D eigenvalue weighted by Crippen LogP contribution is 2.40. The Labute approximate surface area is 200 Å². The summed E-state index contributed by atoms with van der Waals surface area (Å²) in [5, 5.41) is 19.0. The van der Waals surface area contributed by atoms with E-state index in [4.69, 9.17) is 9.57 Å². The van der Waals surface area contributed by atoms with Crippen LogP contribution in [0.3, 0.4) is 0 Å².